The van der Waals surface area contributed by atoms with Crippen LogP contribution in [0.5, 0.6) is 0 Å². The Morgan fingerprint density at radius 3 is 1.36 bits per heavy atom. The van der Waals surface area contributed by atoms with Crippen LogP contribution in [0.15, 0.2) is 12.3 Å². The number of hydrogen-bond donors (Lipinski definition) is 0. The second-order valence-corrected chi connectivity index (χ2v) is 2.20. The SMILES string of the molecule is C=C(C)OC(C)=O.CC(C)=O. The Kier molecular flexibility index (Phi) is 7.98. The quantitative estimate of drug-likeness (QED) is 0.430. The lowest BCUT2D eigenvalue weighted by molar-refractivity contribution is -0.136. The molecule has 0 aliphatic rings. The van der Waals surface area contributed by atoms with E-state index in [4.69, 9.17) is 0 Å². The van der Waals surface area contributed by atoms with Crippen LogP contribution >= 0.6 is 0 Å². The molecule has 0 amide bonds. The summed E-state index contributed by atoms with van der Waals surface area (Å²) in [6.07, 6.45) is 0. The molecule has 0 saturated carbocycles. The number of ether oxygens (including phenoxy) is 1. The average Bonchev–Trinajstić information content (AvgIpc) is 1.56. The number of ketones is 1. The molecule has 0 rings (SSSR count). The van der Waals surface area contributed by atoms with E-state index >= 15 is 0 Å². The largest absolute Gasteiger partial charge is 0.432 e. The Labute approximate surface area is 67.0 Å². The second-order valence-electron chi connectivity index (χ2n) is 2.20. The molecule has 0 aliphatic carbocycles. The zero-order valence-electron chi connectivity index (χ0n) is 7.43. The lowest BCUT2D eigenvalue weighted by Gasteiger charge is -1.93. The molecule has 0 unspecified atom stereocenters. The molecule has 0 saturated heterocycles. The summed E-state index contributed by atoms with van der Waals surface area (Å²) < 4.78 is 4.42. The fraction of sp³-hybridized carbons (Fsp3) is 0.500. The Morgan fingerprint density at radius 2 is 1.36 bits per heavy atom. The number of Topliss-reactive ketones (excluding diaryl/α,β-unsaturated/α-hetero) is 1. The van der Waals surface area contributed by atoms with Crippen LogP contribution < -0.4 is 0 Å². The highest BCUT2D eigenvalue weighted by molar-refractivity contribution is 5.72. The first kappa shape index (κ1) is 12.5. The van der Waals surface area contributed by atoms with Gasteiger partial charge in [0.1, 0.15) is 5.78 Å². The summed E-state index contributed by atoms with van der Waals surface area (Å²) in [4.78, 5) is 19.4. The normalized spacial score (nSPS) is 7.27. The van der Waals surface area contributed by atoms with E-state index in [9.17, 15) is 9.59 Å². The number of allylic oxidation sites excluding steroid dienone is 1. The van der Waals surface area contributed by atoms with Gasteiger partial charge in [-0.15, -0.1) is 0 Å². The van der Waals surface area contributed by atoms with Crippen LogP contribution in [0, 0.1) is 0 Å². The number of esters is 1. The minimum atomic E-state index is -0.312. The van der Waals surface area contributed by atoms with E-state index in [1.807, 2.05) is 0 Å². The van der Waals surface area contributed by atoms with Gasteiger partial charge in [0.2, 0.25) is 0 Å². The molecule has 0 aromatic heterocycles. The van der Waals surface area contributed by atoms with Crippen LogP contribution in [0.3, 0.4) is 0 Å². The van der Waals surface area contributed by atoms with Crippen LogP contribution in [0.25, 0.3) is 0 Å². The molecule has 11 heavy (non-hydrogen) atoms. The Balaban J connectivity index is 0. The lowest BCUT2D eigenvalue weighted by atomic mass is 10.6. The first-order valence-corrected chi connectivity index (χ1v) is 3.17. The van der Waals surface area contributed by atoms with E-state index < -0.39 is 0 Å². The molecule has 0 spiro atoms. The van der Waals surface area contributed by atoms with Crippen molar-refractivity contribution in [2.24, 2.45) is 0 Å². The van der Waals surface area contributed by atoms with Gasteiger partial charge >= 0.3 is 5.97 Å². The van der Waals surface area contributed by atoms with Gasteiger partial charge in [-0.3, -0.25) is 4.79 Å². The van der Waals surface area contributed by atoms with Gasteiger partial charge in [-0.2, -0.15) is 0 Å². The first-order chi connectivity index (χ1) is 4.86. The van der Waals surface area contributed by atoms with Crippen molar-refractivity contribution in [1.29, 1.82) is 0 Å². The third-order valence-electron chi connectivity index (χ3n) is 0.318. The average molecular weight is 158 g/mol. The fourth-order valence-electron chi connectivity index (χ4n) is 0.245. The van der Waals surface area contributed by atoms with Crippen molar-refractivity contribution in [3.05, 3.63) is 12.3 Å². The summed E-state index contributed by atoms with van der Waals surface area (Å²) in [5.41, 5.74) is 0. The van der Waals surface area contributed by atoms with Gasteiger partial charge in [0, 0.05) is 6.92 Å². The van der Waals surface area contributed by atoms with Crippen molar-refractivity contribution < 1.29 is 14.3 Å². The molecule has 0 atom stereocenters. The summed E-state index contributed by atoms with van der Waals surface area (Å²) in [5.74, 6) is 0.292. The smallest absolute Gasteiger partial charge is 0.307 e. The highest BCUT2D eigenvalue weighted by Gasteiger charge is 1.87. The van der Waals surface area contributed by atoms with Crippen molar-refractivity contribution in [2.45, 2.75) is 27.7 Å². The van der Waals surface area contributed by atoms with Gasteiger partial charge in [-0.05, 0) is 20.8 Å². The summed E-state index contributed by atoms with van der Waals surface area (Å²) in [6.45, 7) is 9.38. The highest BCUT2D eigenvalue weighted by atomic mass is 16.5. The van der Waals surface area contributed by atoms with Crippen molar-refractivity contribution in [3.8, 4) is 0 Å². The predicted molar refractivity (Wildman–Crippen MR) is 42.9 cm³/mol. The molecule has 64 valence electrons. The summed E-state index contributed by atoms with van der Waals surface area (Å²) in [6, 6.07) is 0. The second kappa shape index (κ2) is 6.99. The molecule has 0 aromatic rings. The molecule has 3 nitrogen and oxygen atoms in total. The maximum absolute atomic E-state index is 9.97. The van der Waals surface area contributed by atoms with Gasteiger partial charge < -0.3 is 9.53 Å². The molecule has 0 aromatic carbocycles. The van der Waals surface area contributed by atoms with E-state index in [-0.39, 0.29) is 11.8 Å². The van der Waals surface area contributed by atoms with Crippen molar-refractivity contribution in [2.75, 3.05) is 0 Å². The van der Waals surface area contributed by atoms with Crippen molar-refractivity contribution in [1.82, 2.24) is 0 Å². The van der Waals surface area contributed by atoms with E-state index in [1.165, 1.54) is 20.8 Å². The summed E-state index contributed by atoms with van der Waals surface area (Å²) >= 11 is 0. The molecule has 3 heteroatoms. The third-order valence-corrected chi connectivity index (χ3v) is 0.318. The Bertz CT molecular complexity index is 143. The summed E-state index contributed by atoms with van der Waals surface area (Å²) in [7, 11) is 0. The van der Waals surface area contributed by atoms with Gasteiger partial charge in [0.25, 0.3) is 0 Å². The zero-order chi connectivity index (χ0) is 9.44. The zero-order valence-corrected chi connectivity index (χ0v) is 7.43. The minimum Gasteiger partial charge on any atom is -0.432 e. The number of hydrogen-bond acceptors (Lipinski definition) is 3. The fourth-order valence-corrected chi connectivity index (χ4v) is 0.245. The van der Waals surface area contributed by atoms with Gasteiger partial charge in [0.05, 0.1) is 5.76 Å². The van der Waals surface area contributed by atoms with Crippen LogP contribution in [0.2, 0.25) is 0 Å². The highest BCUT2D eigenvalue weighted by Crippen LogP contribution is 1.87. The predicted octanol–water partition coefficient (Wildman–Crippen LogP) is 1.68. The van der Waals surface area contributed by atoms with Crippen LogP contribution in [0.1, 0.15) is 27.7 Å². The van der Waals surface area contributed by atoms with E-state index in [0.29, 0.717) is 5.76 Å². The molecule has 0 radical (unpaired) electrons. The van der Waals surface area contributed by atoms with Gasteiger partial charge in [-0.25, -0.2) is 0 Å². The minimum absolute atomic E-state index is 0.167. The molecular formula is C8H14O3. The Hall–Kier alpha value is -1.12. The molecule has 0 bridgehead atoms. The number of carbonyl (C=O) groups is 2. The van der Waals surface area contributed by atoms with E-state index in [1.54, 1.807) is 6.92 Å². The number of rotatable bonds is 1. The Morgan fingerprint density at radius 1 is 1.09 bits per heavy atom. The molecular weight excluding hydrogens is 144 g/mol. The monoisotopic (exact) mass is 158 g/mol. The van der Waals surface area contributed by atoms with Crippen LogP contribution in [-0.2, 0) is 14.3 Å². The molecule has 0 N–H and O–H groups in total. The molecule has 0 aliphatic heterocycles. The molecule has 0 fully saturated rings. The van der Waals surface area contributed by atoms with Gasteiger partial charge in [0.15, 0.2) is 0 Å². The van der Waals surface area contributed by atoms with Crippen LogP contribution in [-0.4, -0.2) is 11.8 Å². The maximum Gasteiger partial charge on any atom is 0.307 e. The topological polar surface area (TPSA) is 43.4 Å². The van der Waals surface area contributed by atoms with E-state index in [2.05, 4.69) is 11.3 Å². The summed E-state index contributed by atoms with van der Waals surface area (Å²) in [5, 5.41) is 0. The van der Waals surface area contributed by atoms with Crippen LogP contribution in [0.4, 0.5) is 0 Å². The lowest BCUT2D eigenvalue weighted by Crippen LogP contribution is -1.93. The third kappa shape index (κ3) is 50.7. The number of carbonyl (C=O) groups excluding carboxylic acids is 2. The standard InChI is InChI=1S/C5H8O2.C3H6O/c1-4(2)7-5(3)6;1-3(2)4/h1H2,2-3H3;1-2H3. The maximum atomic E-state index is 9.97. The first-order valence-electron chi connectivity index (χ1n) is 3.17. The van der Waals surface area contributed by atoms with Crippen molar-refractivity contribution >= 4 is 11.8 Å². The van der Waals surface area contributed by atoms with Gasteiger partial charge in [-0.1, -0.05) is 6.58 Å². The molecule has 0 heterocycles. The van der Waals surface area contributed by atoms with Crippen molar-refractivity contribution in [3.63, 3.8) is 0 Å². The van der Waals surface area contributed by atoms with E-state index in [0.717, 1.165) is 0 Å².